The Labute approximate surface area is 196 Å². The van der Waals surface area contributed by atoms with Crippen LogP contribution >= 0.6 is 23.5 Å². The van der Waals surface area contributed by atoms with Crippen LogP contribution in [0.2, 0.25) is 0 Å². The topological polar surface area (TPSA) is 43.4 Å². The second-order valence-corrected chi connectivity index (χ2v) is 8.74. The summed E-state index contributed by atoms with van der Waals surface area (Å²) in [5.74, 6) is 0.747. The third-order valence-corrected chi connectivity index (χ3v) is 6.10. The minimum absolute atomic E-state index is 0.0612. The normalized spacial score (nSPS) is 10.6. The van der Waals surface area contributed by atoms with Crippen LogP contribution in [0.15, 0.2) is 114 Å². The molecule has 0 unspecified atom stereocenters. The molecule has 0 saturated carbocycles. The zero-order chi connectivity index (χ0) is 22.8. The third-order valence-electron chi connectivity index (χ3n) is 4.35. The van der Waals surface area contributed by atoms with E-state index in [1.165, 1.54) is 23.9 Å². The highest BCUT2D eigenvalue weighted by molar-refractivity contribution is 8.14. The van der Waals surface area contributed by atoms with Gasteiger partial charge in [-0.05, 0) is 94.8 Å². The molecule has 0 bridgehead atoms. The van der Waals surface area contributed by atoms with Gasteiger partial charge in [-0.1, -0.05) is 55.6 Å². The second kappa shape index (κ2) is 11.9. The molecule has 32 heavy (non-hydrogen) atoms. The number of hydrogen-bond donors (Lipinski definition) is 0. The molecule has 3 nitrogen and oxygen atoms in total. The molecule has 5 heteroatoms. The summed E-state index contributed by atoms with van der Waals surface area (Å²) >= 11 is 2.30. The van der Waals surface area contributed by atoms with Crippen LogP contribution in [0.1, 0.15) is 5.56 Å². The van der Waals surface area contributed by atoms with Crippen LogP contribution in [0.25, 0.3) is 17.2 Å². The predicted octanol–water partition coefficient (Wildman–Crippen LogP) is 7.06. The van der Waals surface area contributed by atoms with Crippen molar-refractivity contribution in [1.29, 1.82) is 0 Å². The van der Waals surface area contributed by atoms with Crippen molar-refractivity contribution in [3.05, 3.63) is 110 Å². The Morgan fingerprint density at radius 3 is 1.69 bits per heavy atom. The van der Waals surface area contributed by atoms with E-state index in [4.69, 9.17) is 4.74 Å². The Hall–Kier alpha value is -3.28. The SMILES string of the molecule is C=CC(=O)Sc1ccc(OC/C=C/c2ccc(-c3ccc(SC(=O)C=C)cc3)cc2)cc1. The summed E-state index contributed by atoms with van der Waals surface area (Å²) in [4.78, 5) is 24.6. The summed E-state index contributed by atoms with van der Waals surface area (Å²) in [6.45, 7) is 7.40. The smallest absolute Gasteiger partial charge is 0.216 e. The van der Waals surface area contributed by atoms with Gasteiger partial charge in [0.15, 0.2) is 0 Å². The molecule has 0 saturated heterocycles. The molecule has 0 fully saturated rings. The molecule has 0 radical (unpaired) electrons. The van der Waals surface area contributed by atoms with Gasteiger partial charge in [0.25, 0.3) is 0 Å². The van der Waals surface area contributed by atoms with Gasteiger partial charge in [0.2, 0.25) is 10.2 Å². The molecule has 0 aliphatic carbocycles. The number of ether oxygens (including phenoxy) is 1. The van der Waals surface area contributed by atoms with Crippen LogP contribution < -0.4 is 4.74 Å². The van der Waals surface area contributed by atoms with Crippen LogP contribution in [0.5, 0.6) is 5.75 Å². The van der Waals surface area contributed by atoms with Gasteiger partial charge in [-0.3, -0.25) is 9.59 Å². The quantitative estimate of drug-likeness (QED) is 0.254. The average molecular weight is 459 g/mol. The van der Waals surface area contributed by atoms with Crippen molar-refractivity contribution in [3.8, 4) is 16.9 Å². The van der Waals surface area contributed by atoms with E-state index >= 15 is 0 Å². The molecule has 3 rings (SSSR count). The standard InChI is InChI=1S/C27H22O3S2/c1-3-26(28)31-24-15-11-22(12-16-24)21-9-7-20(8-10-21)6-5-19-30-23-13-17-25(18-14-23)32-27(29)4-2/h3-18H,1-2,19H2/b6-5+. The van der Waals surface area contributed by atoms with Crippen molar-refractivity contribution >= 4 is 39.8 Å². The van der Waals surface area contributed by atoms with Crippen molar-refractivity contribution in [2.75, 3.05) is 6.61 Å². The summed E-state index contributed by atoms with van der Waals surface area (Å²) in [5.41, 5.74) is 3.28. The molecule has 0 aliphatic heterocycles. The Balaban J connectivity index is 1.51. The van der Waals surface area contributed by atoms with Crippen LogP contribution in [-0.2, 0) is 9.59 Å². The van der Waals surface area contributed by atoms with Gasteiger partial charge in [0.05, 0.1) is 0 Å². The van der Waals surface area contributed by atoms with E-state index in [2.05, 4.69) is 37.4 Å². The van der Waals surface area contributed by atoms with Gasteiger partial charge in [0, 0.05) is 9.79 Å². The van der Waals surface area contributed by atoms with Gasteiger partial charge in [-0.2, -0.15) is 0 Å². The summed E-state index contributed by atoms with van der Waals surface area (Å²) in [7, 11) is 0. The first kappa shape index (κ1) is 23.4. The van der Waals surface area contributed by atoms with Gasteiger partial charge in [-0.25, -0.2) is 0 Å². The Morgan fingerprint density at radius 2 is 1.19 bits per heavy atom. The lowest BCUT2D eigenvalue weighted by molar-refractivity contribution is -0.107. The maximum atomic E-state index is 11.4. The first-order valence-electron chi connectivity index (χ1n) is 9.86. The highest BCUT2D eigenvalue weighted by Gasteiger charge is 2.03. The zero-order valence-electron chi connectivity index (χ0n) is 17.4. The fourth-order valence-electron chi connectivity index (χ4n) is 2.75. The Morgan fingerprint density at radius 1 is 0.719 bits per heavy atom. The Kier molecular flexibility index (Phi) is 8.72. The Bertz CT molecular complexity index is 1110. The molecular weight excluding hydrogens is 436 g/mol. The maximum absolute atomic E-state index is 11.4. The first-order valence-corrected chi connectivity index (χ1v) is 11.5. The molecule has 0 atom stereocenters. The molecule has 0 spiro atoms. The predicted molar refractivity (Wildman–Crippen MR) is 135 cm³/mol. The van der Waals surface area contributed by atoms with Crippen molar-refractivity contribution in [2.45, 2.75) is 9.79 Å². The lowest BCUT2D eigenvalue weighted by atomic mass is 10.0. The van der Waals surface area contributed by atoms with Crippen molar-refractivity contribution in [3.63, 3.8) is 0 Å². The van der Waals surface area contributed by atoms with E-state index < -0.39 is 0 Å². The third kappa shape index (κ3) is 7.15. The van der Waals surface area contributed by atoms with Crippen molar-refractivity contribution in [2.24, 2.45) is 0 Å². The molecule has 0 aliphatic rings. The van der Waals surface area contributed by atoms with Crippen molar-refractivity contribution < 1.29 is 14.3 Å². The van der Waals surface area contributed by atoms with E-state index in [-0.39, 0.29) is 10.2 Å². The number of benzene rings is 3. The lowest BCUT2D eigenvalue weighted by Gasteiger charge is -2.05. The lowest BCUT2D eigenvalue weighted by Crippen LogP contribution is -1.93. The van der Waals surface area contributed by atoms with Gasteiger partial charge in [-0.15, -0.1) is 0 Å². The van der Waals surface area contributed by atoms with Crippen LogP contribution in [0.4, 0.5) is 0 Å². The highest BCUT2D eigenvalue weighted by atomic mass is 32.2. The van der Waals surface area contributed by atoms with Gasteiger partial charge < -0.3 is 4.74 Å². The number of carbonyl (C=O) groups is 2. The fourth-order valence-corrected chi connectivity index (χ4v) is 3.93. The highest BCUT2D eigenvalue weighted by Crippen LogP contribution is 2.25. The molecule has 0 N–H and O–H groups in total. The minimum Gasteiger partial charge on any atom is -0.490 e. The fraction of sp³-hybridized carbons (Fsp3) is 0.0370. The monoisotopic (exact) mass is 458 g/mol. The van der Waals surface area contributed by atoms with E-state index in [0.29, 0.717) is 6.61 Å². The summed E-state index contributed by atoms with van der Waals surface area (Å²) < 4.78 is 5.72. The number of carbonyl (C=O) groups excluding carboxylic acids is 2. The molecule has 3 aromatic rings. The first-order chi connectivity index (χ1) is 15.6. The molecule has 3 aromatic carbocycles. The number of hydrogen-bond acceptors (Lipinski definition) is 5. The van der Waals surface area contributed by atoms with E-state index in [9.17, 15) is 9.59 Å². The number of rotatable bonds is 9. The summed E-state index contributed by atoms with van der Waals surface area (Å²) in [6.07, 6.45) is 6.59. The van der Waals surface area contributed by atoms with Crippen molar-refractivity contribution in [1.82, 2.24) is 0 Å². The molecule has 0 aromatic heterocycles. The molecular formula is C27H22O3S2. The summed E-state index contributed by atoms with van der Waals surface area (Å²) in [5, 5.41) is -0.141. The van der Waals surface area contributed by atoms with E-state index in [1.54, 1.807) is 0 Å². The molecule has 160 valence electrons. The summed E-state index contributed by atoms with van der Waals surface area (Å²) in [6, 6.07) is 23.5. The van der Waals surface area contributed by atoms with Gasteiger partial charge in [0.1, 0.15) is 12.4 Å². The van der Waals surface area contributed by atoms with E-state index in [1.807, 2.05) is 60.7 Å². The average Bonchev–Trinajstić information content (AvgIpc) is 2.83. The van der Waals surface area contributed by atoms with Gasteiger partial charge >= 0.3 is 0 Å². The maximum Gasteiger partial charge on any atom is 0.216 e. The number of thioether (sulfide) groups is 2. The zero-order valence-corrected chi connectivity index (χ0v) is 19.0. The van der Waals surface area contributed by atoms with E-state index in [0.717, 1.165) is 44.0 Å². The molecule has 0 heterocycles. The van der Waals surface area contributed by atoms with Crippen LogP contribution in [-0.4, -0.2) is 16.8 Å². The van der Waals surface area contributed by atoms with Crippen LogP contribution in [0.3, 0.4) is 0 Å². The van der Waals surface area contributed by atoms with Crippen LogP contribution in [0, 0.1) is 0 Å². The largest absolute Gasteiger partial charge is 0.490 e. The minimum atomic E-state index is -0.0800. The second-order valence-electron chi connectivity index (χ2n) is 6.58. The molecule has 0 amide bonds.